The van der Waals surface area contributed by atoms with Crippen molar-refractivity contribution >= 4 is 53.0 Å². The van der Waals surface area contributed by atoms with Crippen molar-refractivity contribution in [1.82, 2.24) is 52.8 Å². The van der Waals surface area contributed by atoms with Crippen LogP contribution < -0.4 is 58.3 Å². The number of aliphatic hydroxyl groups is 14. The first-order chi connectivity index (χ1) is 43.7. The topological polar surface area (TPSA) is 617 Å². The van der Waals surface area contributed by atoms with E-state index in [-0.39, 0.29) is 29.5 Å². The van der Waals surface area contributed by atoms with Gasteiger partial charge in [0, 0.05) is 25.4 Å². The minimum absolute atomic E-state index is 0.0952. The molecule has 0 aromatic heterocycles. The number of amides is 6. The van der Waals surface area contributed by atoms with E-state index in [9.17, 15) is 90.7 Å². The number of hydrogen-bond acceptors (Lipinski definition) is 28. The summed E-state index contributed by atoms with van der Waals surface area (Å²) in [7, 11) is 0. The molecule has 0 saturated carbocycles. The Morgan fingerprint density at radius 2 is 1.17 bits per heavy atom. The largest absolute Gasteiger partial charge is 0.460 e. The molecule has 6 fully saturated rings. The molecule has 6 saturated heterocycles. The molecule has 25 unspecified atom stereocenters. The van der Waals surface area contributed by atoms with Gasteiger partial charge in [0.25, 0.3) is 0 Å². The molecule has 0 radical (unpaired) electrons. The highest BCUT2D eigenvalue weighted by Crippen LogP contribution is 2.34. The fourth-order valence-electron chi connectivity index (χ4n) is 11.4. The van der Waals surface area contributed by atoms with Crippen molar-refractivity contribution in [3.05, 3.63) is 59.7 Å². The van der Waals surface area contributed by atoms with Crippen LogP contribution in [0.25, 0.3) is 0 Å². The molecule has 38 nitrogen and oxygen atoms in total. The molecule has 8 rings (SSSR count). The summed E-state index contributed by atoms with van der Waals surface area (Å²) >= 11 is 0. The summed E-state index contributed by atoms with van der Waals surface area (Å²) in [5.41, 5.74) is 6.80. The van der Waals surface area contributed by atoms with Crippen LogP contribution in [0.1, 0.15) is 24.0 Å². The lowest BCUT2D eigenvalue weighted by molar-refractivity contribution is -0.352. The van der Waals surface area contributed by atoms with Gasteiger partial charge in [-0.3, -0.25) is 39.6 Å². The SMILES string of the molecule is CC(c1ccccc1)C1NC(=O)CNC(=O)C(CO)NC(=O)C(C(O)C2CNC(=N)N2C2OC(CO)C(O)C(O)C2O)NC(=O)C(C(O)C2CNC(=N)N2)NC(=O)C(Cc2ccc(OC3OC(CO)C(OC4OC(CO)C(O)C(O)C4O)C(O)C3O)c(N)c2)NC1=O. The first-order valence-corrected chi connectivity index (χ1v) is 29.2. The van der Waals surface area contributed by atoms with Gasteiger partial charge in [-0.15, -0.1) is 0 Å². The number of nitrogen functional groups attached to an aromatic ring is 1. The first-order valence-electron chi connectivity index (χ1n) is 29.2. The molecule has 0 spiro atoms. The van der Waals surface area contributed by atoms with Gasteiger partial charge in [0.1, 0.15) is 121 Å². The molecule has 6 amide bonds. The lowest BCUT2D eigenvalue weighted by atomic mass is 9.92. The smallest absolute Gasteiger partial charge is 0.246 e. The van der Waals surface area contributed by atoms with Crippen molar-refractivity contribution in [3.63, 3.8) is 0 Å². The van der Waals surface area contributed by atoms with Crippen LogP contribution >= 0.6 is 0 Å². The second kappa shape index (κ2) is 30.6. The van der Waals surface area contributed by atoms with Crippen molar-refractivity contribution in [2.24, 2.45) is 0 Å². The van der Waals surface area contributed by atoms with Gasteiger partial charge in [0.2, 0.25) is 41.7 Å². The molecule has 92 heavy (non-hydrogen) atoms. The van der Waals surface area contributed by atoms with Gasteiger partial charge in [-0.1, -0.05) is 43.3 Å². The van der Waals surface area contributed by atoms with E-state index in [0.717, 1.165) is 4.90 Å². The Morgan fingerprint density at radius 3 is 1.80 bits per heavy atom. The molecule has 510 valence electrons. The number of benzene rings is 2. The van der Waals surface area contributed by atoms with E-state index >= 15 is 9.59 Å². The maximum atomic E-state index is 15.1. The average molecular weight is 1310 g/mol. The quantitative estimate of drug-likeness (QED) is 0.0654. The molecule has 2 aromatic rings. The average Bonchev–Trinajstić information content (AvgIpc) is 1.43. The van der Waals surface area contributed by atoms with Gasteiger partial charge in [-0.25, -0.2) is 0 Å². The van der Waals surface area contributed by atoms with Gasteiger partial charge in [-0.2, -0.15) is 0 Å². The number of hydrogen-bond donors (Lipinski definition) is 26. The van der Waals surface area contributed by atoms with Gasteiger partial charge >= 0.3 is 0 Å². The predicted molar refractivity (Wildman–Crippen MR) is 306 cm³/mol. The maximum absolute atomic E-state index is 15.1. The highest BCUT2D eigenvalue weighted by atomic mass is 16.7. The number of rotatable bonds is 17. The molecule has 38 heteroatoms. The highest BCUT2D eigenvalue weighted by molar-refractivity contribution is 5.98. The van der Waals surface area contributed by atoms with Crippen LogP contribution in [0.4, 0.5) is 5.69 Å². The number of nitrogens with two attached hydrogens (primary N) is 1. The molecule has 0 bridgehead atoms. The number of carbonyl (C=O) groups excluding carboxylic acids is 6. The Balaban J connectivity index is 1.12. The lowest BCUT2D eigenvalue weighted by Gasteiger charge is -2.46. The third-order valence-electron chi connectivity index (χ3n) is 16.7. The molecule has 2 aromatic carbocycles. The molecule has 6 aliphatic rings. The predicted octanol–water partition coefficient (Wildman–Crippen LogP) is -13.6. The van der Waals surface area contributed by atoms with Crippen LogP contribution in [0.3, 0.4) is 0 Å². The lowest BCUT2D eigenvalue weighted by Crippen LogP contribution is -2.69. The summed E-state index contributed by atoms with van der Waals surface area (Å²) in [5.74, 6) is -9.66. The Bertz CT molecular complexity index is 2940. The second-order valence-corrected chi connectivity index (χ2v) is 22.9. The van der Waals surface area contributed by atoms with Crippen LogP contribution in [-0.4, -0.2) is 316 Å². The van der Waals surface area contributed by atoms with Crippen LogP contribution in [0.15, 0.2) is 48.5 Å². The molecule has 27 N–H and O–H groups in total. The zero-order valence-corrected chi connectivity index (χ0v) is 49.0. The summed E-state index contributed by atoms with van der Waals surface area (Å²) in [6, 6.07) is -1.09. The number of nitrogens with zero attached hydrogens (tertiary/aromatic N) is 1. The van der Waals surface area contributed by atoms with Crippen LogP contribution in [0.5, 0.6) is 5.75 Å². The fourth-order valence-corrected chi connectivity index (χ4v) is 11.4. The number of ether oxygens (including phenoxy) is 5. The molecular formula is C54H79N13O25. The van der Waals surface area contributed by atoms with Crippen LogP contribution in [-0.2, 0) is 54.1 Å². The molecular weight excluding hydrogens is 1230 g/mol. The summed E-state index contributed by atoms with van der Waals surface area (Å²) in [5, 5.41) is 189. The number of aliphatic hydroxyl groups excluding tert-OH is 14. The van der Waals surface area contributed by atoms with Crippen molar-refractivity contribution in [2.45, 2.75) is 166 Å². The van der Waals surface area contributed by atoms with Gasteiger partial charge in [0.15, 0.2) is 24.4 Å². The van der Waals surface area contributed by atoms with Crippen molar-refractivity contribution in [3.8, 4) is 5.75 Å². The summed E-state index contributed by atoms with van der Waals surface area (Å²) in [6.07, 6.45) is -32.4. The van der Waals surface area contributed by atoms with E-state index in [2.05, 4.69) is 47.9 Å². The molecule has 0 aliphatic carbocycles. The molecule has 6 heterocycles. The first kappa shape index (κ1) is 70.5. The number of anilines is 1. The number of nitrogens with one attached hydrogen (secondary N) is 11. The third kappa shape index (κ3) is 15.5. The zero-order chi connectivity index (χ0) is 67.2. The number of carbonyl (C=O) groups is 6. The van der Waals surface area contributed by atoms with Crippen molar-refractivity contribution in [1.29, 1.82) is 10.8 Å². The standard InChI is InChI=1S/C54H79N13O25/c1-18(20-5-3-2-4-6-20)31-47(85)61-22(10-19-7-8-26(21(55)9-19)89-51-43(82)40(79)44(29(17-71)91-51)92-52-42(81)39(78)37(76)28(16-70)90-52)46(84)65-32(34(73)23-11-59-53(56)63-23)49(87)66-33(48(86)62-24(14-68)45(83)58-13-30(72)64-31)35(74)25-12-60-54(57)67(25)50-41(80)38(77)36(75)27(15-69)88-50/h2-9,18,22-25,27-29,31-44,50-52,68-71,73-82H,10-17,55H2,1H3,(H2,57,60)(H,58,83)(H,61,85)(H,62,86)(H,64,72)(H,65,84)(H,66,87)(H3,56,59,63). The normalized spacial score (nSPS) is 37.3. The van der Waals surface area contributed by atoms with Crippen molar-refractivity contribution < 1.29 is 124 Å². The Labute approximate surface area is 522 Å². The third-order valence-corrected chi connectivity index (χ3v) is 16.7. The second-order valence-electron chi connectivity index (χ2n) is 22.9. The van der Waals surface area contributed by atoms with E-state index in [0.29, 0.717) is 5.56 Å². The number of guanidine groups is 2. The molecule has 6 aliphatic heterocycles. The van der Waals surface area contributed by atoms with Gasteiger partial charge < -0.3 is 154 Å². The summed E-state index contributed by atoms with van der Waals surface area (Å²) < 4.78 is 28.2. The minimum atomic E-state index is -2.38. The Morgan fingerprint density at radius 1 is 0.587 bits per heavy atom. The van der Waals surface area contributed by atoms with Crippen LogP contribution in [0, 0.1) is 10.8 Å². The fraction of sp³-hybridized carbons (Fsp3) is 0.630. The summed E-state index contributed by atoms with van der Waals surface area (Å²) in [4.78, 5) is 88.0. The van der Waals surface area contributed by atoms with Gasteiger partial charge in [0.05, 0.1) is 50.7 Å². The monoisotopic (exact) mass is 1310 g/mol. The Kier molecular flexibility index (Phi) is 23.5. The Hall–Kier alpha value is -7.32. The van der Waals surface area contributed by atoms with E-state index in [1.165, 1.54) is 18.2 Å². The van der Waals surface area contributed by atoms with E-state index in [4.69, 9.17) is 40.2 Å². The minimum Gasteiger partial charge on any atom is -0.460 e. The van der Waals surface area contributed by atoms with Crippen molar-refractivity contribution in [2.75, 3.05) is 51.8 Å². The highest BCUT2D eigenvalue weighted by Gasteiger charge is 2.54. The van der Waals surface area contributed by atoms with E-state index in [1.807, 2.05) is 0 Å². The van der Waals surface area contributed by atoms with E-state index < -0.39 is 240 Å². The summed E-state index contributed by atoms with van der Waals surface area (Å²) in [6.45, 7) is -4.00. The molecule has 25 atom stereocenters. The van der Waals surface area contributed by atoms with Crippen LogP contribution in [0.2, 0.25) is 0 Å². The van der Waals surface area contributed by atoms with Gasteiger partial charge in [-0.05, 0) is 23.3 Å². The maximum Gasteiger partial charge on any atom is 0.246 e. The zero-order valence-electron chi connectivity index (χ0n) is 49.0. The van der Waals surface area contributed by atoms with E-state index in [1.54, 1.807) is 37.3 Å².